The van der Waals surface area contributed by atoms with Gasteiger partial charge in [-0.05, 0) is 38.0 Å². The van der Waals surface area contributed by atoms with Gasteiger partial charge < -0.3 is 5.11 Å². The number of ketones is 1. The highest BCUT2D eigenvalue weighted by Gasteiger charge is 2.12. The maximum Gasteiger partial charge on any atom is 0.158 e. The van der Waals surface area contributed by atoms with E-state index in [0.29, 0.717) is 18.3 Å². The van der Waals surface area contributed by atoms with Crippen LogP contribution in [0.3, 0.4) is 0 Å². The Kier molecular flexibility index (Phi) is 5.97. The number of Topliss-reactive ketones (excluding diaryl/α,β-unsaturated/α-hetero) is 1. The van der Waals surface area contributed by atoms with Crippen LogP contribution in [0.2, 0.25) is 0 Å². The molecule has 0 bridgehead atoms. The van der Waals surface area contributed by atoms with Crippen molar-refractivity contribution in [2.75, 3.05) is 0 Å². The van der Waals surface area contributed by atoms with Crippen molar-refractivity contribution >= 4 is 5.78 Å². The molecule has 0 aliphatic carbocycles. The fourth-order valence-electron chi connectivity index (χ4n) is 1.57. The lowest BCUT2D eigenvalue weighted by molar-refractivity contribution is -0.125. The topological polar surface area (TPSA) is 37.3 Å². The lowest BCUT2D eigenvalue weighted by atomic mass is 9.93. The molecule has 0 rings (SSSR count). The lowest BCUT2D eigenvalue weighted by Crippen LogP contribution is -2.17. The minimum Gasteiger partial charge on any atom is -0.385 e. The molecule has 0 radical (unpaired) electrons. The fraction of sp³-hybridized carbons (Fsp3) is 0.909. The highest BCUT2D eigenvalue weighted by atomic mass is 16.3. The third-order valence-electron chi connectivity index (χ3n) is 2.28. The van der Waals surface area contributed by atoms with E-state index < -0.39 is 6.10 Å². The Hall–Kier alpha value is -0.370. The second kappa shape index (κ2) is 6.14. The van der Waals surface area contributed by atoms with Crippen molar-refractivity contribution in [2.24, 2.45) is 11.8 Å². The van der Waals surface area contributed by atoms with E-state index in [1.165, 1.54) is 13.3 Å². The lowest BCUT2D eigenvalue weighted by Gasteiger charge is -2.14. The second-order valence-electron chi connectivity index (χ2n) is 4.44. The van der Waals surface area contributed by atoms with E-state index in [1.807, 2.05) is 0 Å². The first-order chi connectivity index (χ1) is 5.93. The van der Waals surface area contributed by atoms with E-state index in [-0.39, 0.29) is 5.78 Å². The van der Waals surface area contributed by atoms with Gasteiger partial charge in [0.15, 0.2) is 5.78 Å². The van der Waals surface area contributed by atoms with Crippen molar-refractivity contribution < 1.29 is 9.90 Å². The molecule has 0 fully saturated rings. The van der Waals surface area contributed by atoms with Crippen molar-refractivity contribution in [1.82, 2.24) is 0 Å². The zero-order chi connectivity index (χ0) is 10.4. The van der Waals surface area contributed by atoms with Gasteiger partial charge in [0.1, 0.15) is 6.10 Å². The van der Waals surface area contributed by atoms with Gasteiger partial charge in [-0.15, -0.1) is 0 Å². The number of carbonyl (C=O) groups excluding carboxylic acids is 1. The van der Waals surface area contributed by atoms with Crippen molar-refractivity contribution in [1.29, 1.82) is 0 Å². The predicted molar refractivity (Wildman–Crippen MR) is 54.5 cm³/mol. The summed E-state index contributed by atoms with van der Waals surface area (Å²) in [5, 5.41) is 9.26. The Morgan fingerprint density at radius 1 is 1.23 bits per heavy atom. The monoisotopic (exact) mass is 186 g/mol. The van der Waals surface area contributed by atoms with Crippen molar-refractivity contribution in [3.8, 4) is 0 Å². The Morgan fingerprint density at radius 2 is 1.77 bits per heavy atom. The zero-order valence-electron chi connectivity index (χ0n) is 9.21. The summed E-state index contributed by atoms with van der Waals surface area (Å²) in [4.78, 5) is 10.7. The zero-order valence-corrected chi connectivity index (χ0v) is 9.21. The van der Waals surface area contributed by atoms with E-state index in [0.717, 1.165) is 6.42 Å². The molecule has 0 aromatic carbocycles. The predicted octanol–water partition coefficient (Wildman–Crippen LogP) is 2.40. The van der Waals surface area contributed by atoms with Gasteiger partial charge in [0.2, 0.25) is 0 Å². The Labute approximate surface area is 81.3 Å². The standard InChI is InChI=1S/C11H22O2/c1-8(2)7-9(3)5-6-11(13)10(4)12/h8-9,11,13H,5-7H2,1-4H3. The summed E-state index contributed by atoms with van der Waals surface area (Å²) in [6.07, 6.45) is 1.99. The minimum atomic E-state index is -0.741. The van der Waals surface area contributed by atoms with Crippen molar-refractivity contribution in [3.63, 3.8) is 0 Å². The van der Waals surface area contributed by atoms with Crippen LogP contribution in [0.1, 0.15) is 47.0 Å². The summed E-state index contributed by atoms with van der Waals surface area (Å²) in [6.45, 7) is 8.00. The summed E-state index contributed by atoms with van der Waals surface area (Å²) in [5.74, 6) is 1.19. The van der Waals surface area contributed by atoms with Gasteiger partial charge in [-0.3, -0.25) is 4.79 Å². The van der Waals surface area contributed by atoms with Crippen LogP contribution < -0.4 is 0 Å². The number of aliphatic hydroxyl groups is 1. The summed E-state index contributed by atoms with van der Waals surface area (Å²) in [6, 6.07) is 0. The number of hydrogen-bond acceptors (Lipinski definition) is 2. The third kappa shape index (κ3) is 6.76. The highest BCUT2D eigenvalue weighted by Crippen LogP contribution is 2.17. The van der Waals surface area contributed by atoms with Crippen LogP contribution in [-0.2, 0) is 4.79 Å². The maximum absolute atomic E-state index is 10.7. The van der Waals surface area contributed by atoms with E-state index >= 15 is 0 Å². The molecule has 0 amide bonds. The largest absolute Gasteiger partial charge is 0.385 e. The molecule has 0 saturated heterocycles. The van der Waals surface area contributed by atoms with Crippen LogP contribution in [0, 0.1) is 11.8 Å². The van der Waals surface area contributed by atoms with Crippen molar-refractivity contribution in [3.05, 3.63) is 0 Å². The quantitative estimate of drug-likeness (QED) is 0.691. The smallest absolute Gasteiger partial charge is 0.158 e. The van der Waals surface area contributed by atoms with E-state index in [9.17, 15) is 9.90 Å². The van der Waals surface area contributed by atoms with Crippen LogP contribution in [0.5, 0.6) is 0 Å². The van der Waals surface area contributed by atoms with Crippen LogP contribution in [-0.4, -0.2) is 17.0 Å². The van der Waals surface area contributed by atoms with Gasteiger partial charge in [-0.2, -0.15) is 0 Å². The van der Waals surface area contributed by atoms with E-state index in [4.69, 9.17) is 0 Å². The van der Waals surface area contributed by atoms with Crippen LogP contribution in [0.4, 0.5) is 0 Å². The normalized spacial score (nSPS) is 15.8. The molecule has 13 heavy (non-hydrogen) atoms. The molecule has 1 N–H and O–H groups in total. The van der Waals surface area contributed by atoms with Crippen LogP contribution >= 0.6 is 0 Å². The molecule has 0 aliphatic heterocycles. The Balaban J connectivity index is 3.57. The fourth-order valence-corrected chi connectivity index (χ4v) is 1.57. The number of rotatable bonds is 6. The summed E-state index contributed by atoms with van der Waals surface area (Å²) < 4.78 is 0. The Morgan fingerprint density at radius 3 is 2.15 bits per heavy atom. The molecule has 2 unspecified atom stereocenters. The Bertz CT molecular complexity index is 152. The summed E-state index contributed by atoms with van der Waals surface area (Å²) in [7, 11) is 0. The van der Waals surface area contributed by atoms with Crippen LogP contribution in [0.15, 0.2) is 0 Å². The molecular weight excluding hydrogens is 164 g/mol. The number of carbonyl (C=O) groups is 1. The van der Waals surface area contributed by atoms with Gasteiger partial charge in [-0.25, -0.2) is 0 Å². The SMILES string of the molecule is CC(=O)C(O)CCC(C)CC(C)C. The number of hydrogen-bond donors (Lipinski definition) is 1. The second-order valence-corrected chi connectivity index (χ2v) is 4.44. The van der Waals surface area contributed by atoms with Gasteiger partial charge in [0.05, 0.1) is 0 Å². The molecule has 0 aromatic heterocycles. The number of aliphatic hydroxyl groups excluding tert-OH is 1. The molecule has 2 heteroatoms. The molecule has 0 spiro atoms. The first kappa shape index (κ1) is 12.6. The van der Waals surface area contributed by atoms with Gasteiger partial charge >= 0.3 is 0 Å². The molecule has 78 valence electrons. The maximum atomic E-state index is 10.7. The summed E-state index contributed by atoms with van der Waals surface area (Å²) in [5.41, 5.74) is 0. The molecule has 0 saturated carbocycles. The third-order valence-corrected chi connectivity index (χ3v) is 2.28. The van der Waals surface area contributed by atoms with Crippen LogP contribution in [0.25, 0.3) is 0 Å². The van der Waals surface area contributed by atoms with Gasteiger partial charge in [0, 0.05) is 0 Å². The first-order valence-electron chi connectivity index (χ1n) is 5.12. The molecule has 0 aromatic rings. The average molecular weight is 186 g/mol. The van der Waals surface area contributed by atoms with Gasteiger partial charge in [-0.1, -0.05) is 20.8 Å². The van der Waals surface area contributed by atoms with Gasteiger partial charge in [0.25, 0.3) is 0 Å². The highest BCUT2D eigenvalue weighted by molar-refractivity contribution is 5.79. The molecule has 2 nitrogen and oxygen atoms in total. The van der Waals surface area contributed by atoms with Crippen molar-refractivity contribution in [2.45, 2.75) is 53.1 Å². The molecule has 0 aliphatic rings. The van der Waals surface area contributed by atoms with E-state index in [2.05, 4.69) is 20.8 Å². The minimum absolute atomic E-state index is 0.114. The first-order valence-corrected chi connectivity index (χ1v) is 5.12. The molecule has 0 heterocycles. The van der Waals surface area contributed by atoms with E-state index in [1.54, 1.807) is 0 Å². The molecular formula is C11H22O2. The molecule has 2 atom stereocenters. The summed E-state index contributed by atoms with van der Waals surface area (Å²) >= 11 is 0. The average Bonchev–Trinajstić information content (AvgIpc) is 1.98.